The molecule has 0 radical (unpaired) electrons. The Hall–Kier alpha value is -3.93. The molecule has 1 atom stereocenters. The summed E-state index contributed by atoms with van der Waals surface area (Å²) in [6.07, 6.45) is 92.4. The van der Waals surface area contributed by atoms with Crippen LogP contribution in [0.4, 0.5) is 0 Å². The van der Waals surface area contributed by atoms with Crippen LogP contribution in [0.25, 0.3) is 0 Å². The maximum atomic E-state index is 12.9. The van der Waals surface area contributed by atoms with Gasteiger partial charge in [-0.05, 0) is 128 Å². The maximum absolute atomic E-state index is 12.9. The van der Waals surface area contributed by atoms with Gasteiger partial charge in [0, 0.05) is 19.3 Å². The second kappa shape index (κ2) is 67.6. The van der Waals surface area contributed by atoms with Crippen molar-refractivity contribution >= 4 is 17.9 Å². The third kappa shape index (κ3) is 64.9. The van der Waals surface area contributed by atoms with E-state index < -0.39 is 6.10 Å². The summed E-state index contributed by atoms with van der Waals surface area (Å²) in [6, 6.07) is 0. The van der Waals surface area contributed by atoms with Crippen molar-refractivity contribution in [3.8, 4) is 0 Å². The van der Waals surface area contributed by atoms with Crippen molar-refractivity contribution in [2.45, 2.75) is 329 Å². The van der Waals surface area contributed by atoms with E-state index in [0.717, 1.165) is 128 Å². The lowest BCUT2D eigenvalue weighted by atomic mass is 10.1. The molecular weight excluding hydrogens is 985 g/mol. The summed E-state index contributed by atoms with van der Waals surface area (Å²) in [7, 11) is 0. The number of hydrogen-bond donors (Lipinski definition) is 0. The second-order valence-electron chi connectivity index (χ2n) is 22.3. The first-order valence-corrected chi connectivity index (χ1v) is 33.9. The highest BCUT2D eigenvalue weighted by Gasteiger charge is 2.19. The van der Waals surface area contributed by atoms with Gasteiger partial charge in [0.25, 0.3) is 0 Å². The van der Waals surface area contributed by atoms with Crippen LogP contribution in [0.3, 0.4) is 0 Å². The zero-order valence-electron chi connectivity index (χ0n) is 52.6. The smallest absolute Gasteiger partial charge is 0.306 e. The van der Waals surface area contributed by atoms with Crippen molar-refractivity contribution in [1.82, 2.24) is 0 Å². The van der Waals surface area contributed by atoms with E-state index in [1.165, 1.54) is 154 Å². The van der Waals surface area contributed by atoms with Gasteiger partial charge in [0.1, 0.15) is 13.2 Å². The quantitative estimate of drug-likeness (QED) is 0.0261. The Morgan fingerprint density at radius 1 is 0.263 bits per heavy atom. The number of carbonyl (C=O) groups is 3. The second-order valence-corrected chi connectivity index (χ2v) is 22.3. The molecule has 0 heterocycles. The molecule has 0 aliphatic heterocycles. The molecule has 0 aromatic heterocycles. The molecule has 0 aromatic carbocycles. The molecule has 0 rings (SSSR count). The van der Waals surface area contributed by atoms with Crippen LogP contribution >= 0.6 is 0 Å². The maximum Gasteiger partial charge on any atom is 0.306 e. The molecule has 0 amide bonds. The summed E-state index contributed by atoms with van der Waals surface area (Å²) in [6.45, 7) is 6.53. The van der Waals surface area contributed by atoms with Crippen LogP contribution in [0.1, 0.15) is 323 Å². The van der Waals surface area contributed by atoms with E-state index in [2.05, 4.69) is 130 Å². The van der Waals surface area contributed by atoms with Crippen molar-refractivity contribution < 1.29 is 28.6 Å². The van der Waals surface area contributed by atoms with Gasteiger partial charge in [0.05, 0.1) is 0 Å². The molecule has 0 aromatic rings. The molecule has 0 saturated heterocycles. The molecule has 0 N–H and O–H groups in total. The fourth-order valence-electron chi connectivity index (χ4n) is 9.41. The van der Waals surface area contributed by atoms with Gasteiger partial charge < -0.3 is 14.2 Å². The average molecular weight is 1110 g/mol. The normalized spacial score (nSPS) is 12.8. The highest BCUT2D eigenvalue weighted by molar-refractivity contribution is 5.71. The van der Waals surface area contributed by atoms with Crippen LogP contribution in [0, 0.1) is 0 Å². The summed E-state index contributed by atoms with van der Waals surface area (Å²) >= 11 is 0. The first-order valence-electron chi connectivity index (χ1n) is 33.9. The lowest BCUT2D eigenvalue weighted by molar-refractivity contribution is -0.167. The number of ether oxygens (including phenoxy) is 3. The average Bonchev–Trinajstić information content (AvgIpc) is 3.46. The number of unbranched alkanes of at least 4 members (excludes halogenated alkanes) is 32. The van der Waals surface area contributed by atoms with Crippen LogP contribution in [0.15, 0.2) is 109 Å². The minimum absolute atomic E-state index is 0.0889. The summed E-state index contributed by atoms with van der Waals surface area (Å²) < 4.78 is 16.9. The largest absolute Gasteiger partial charge is 0.462 e. The Morgan fingerprint density at radius 2 is 0.487 bits per heavy atom. The minimum atomic E-state index is -0.794. The van der Waals surface area contributed by atoms with Gasteiger partial charge in [0.2, 0.25) is 0 Å². The predicted molar refractivity (Wildman–Crippen MR) is 348 cm³/mol. The van der Waals surface area contributed by atoms with Gasteiger partial charge in [-0.1, -0.05) is 284 Å². The van der Waals surface area contributed by atoms with E-state index in [0.29, 0.717) is 19.3 Å². The lowest BCUT2D eigenvalue weighted by Gasteiger charge is -2.18. The van der Waals surface area contributed by atoms with E-state index >= 15 is 0 Å². The number of esters is 3. The number of hydrogen-bond acceptors (Lipinski definition) is 6. The number of carbonyl (C=O) groups excluding carboxylic acids is 3. The molecule has 80 heavy (non-hydrogen) atoms. The fraction of sp³-hybridized carbons (Fsp3) is 0.716. The molecule has 0 saturated carbocycles. The summed E-state index contributed by atoms with van der Waals surface area (Å²) in [4.78, 5) is 38.4. The highest BCUT2D eigenvalue weighted by atomic mass is 16.6. The van der Waals surface area contributed by atoms with E-state index in [1.54, 1.807) is 0 Å². The van der Waals surface area contributed by atoms with Crippen molar-refractivity contribution in [2.24, 2.45) is 0 Å². The first-order chi connectivity index (χ1) is 39.5. The van der Waals surface area contributed by atoms with Crippen LogP contribution < -0.4 is 0 Å². The van der Waals surface area contributed by atoms with Crippen molar-refractivity contribution in [2.75, 3.05) is 13.2 Å². The molecule has 0 spiro atoms. The highest BCUT2D eigenvalue weighted by Crippen LogP contribution is 2.16. The Morgan fingerprint density at radius 3 is 0.775 bits per heavy atom. The molecule has 0 fully saturated rings. The summed E-state index contributed by atoms with van der Waals surface area (Å²) in [5.74, 6) is -0.907. The van der Waals surface area contributed by atoms with Crippen molar-refractivity contribution in [1.29, 1.82) is 0 Å². The van der Waals surface area contributed by atoms with Crippen molar-refractivity contribution in [3.05, 3.63) is 109 Å². The van der Waals surface area contributed by atoms with Gasteiger partial charge in [-0.15, -0.1) is 0 Å². The summed E-state index contributed by atoms with van der Waals surface area (Å²) in [5.41, 5.74) is 0. The van der Waals surface area contributed by atoms with E-state index in [1.807, 2.05) is 0 Å². The van der Waals surface area contributed by atoms with Crippen LogP contribution in [0.5, 0.6) is 0 Å². The standard InChI is InChI=1S/C74H126O6/c1-4-7-10-13-16-19-22-25-28-31-33-34-35-36-37-38-39-40-42-43-46-49-52-55-58-61-64-67-73(76)79-70-71(69-78-72(75)66-63-60-57-54-51-48-45-30-27-24-21-18-15-12-9-6-3)80-74(77)68-65-62-59-56-53-50-47-44-41-32-29-26-23-20-17-14-11-8-5-2/h7,10,16,19,25-26,28-30,33-34,36-37,39-40,43,45-46,71H,4-6,8-9,11-15,17-18,20-24,27,31-32,35,38,41-42,44,47-70H2,1-3H3/b10-7-,19-16-,28-25-,29-26-,34-33-,37-36-,40-39-,45-30-,46-43-. The molecule has 0 aliphatic carbocycles. The van der Waals surface area contributed by atoms with Gasteiger partial charge in [-0.25, -0.2) is 0 Å². The minimum Gasteiger partial charge on any atom is -0.462 e. The topological polar surface area (TPSA) is 78.9 Å². The molecule has 1 unspecified atom stereocenters. The zero-order chi connectivity index (χ0) is 57.8. The van der Waals surface area contributed by atoms with E-state index in [9.17, 15) is 14.4 Å². The Bertz CT molecular complexity index is 1610. The Kier molecular flexibility index (Phi) is 64.3. The number of allylic oxidation sites excluding steroid dienone is 18. The molecule has 6 nitrogen and oxygen atoms in total. The molecule has 458 valence electrons. The molecular formula is C74H126O6. The SMILES string of the molecule is CC/C=C\C/C=C\C/C=C\C/C=C\C/C=C\C/C=C\C/C=C\CCCCCCCC(=O)OCC(COC(=O)CCCCCCC/C=C\CCCCCCCCC)OC(=O)CCCCCCCCCCC/C=C\CCCCCCCC. The molecule has 0 aliphatic rings. The molecule has 0 bridgehead atoms. The third-order valence-corrected chi connectivity index (χ3v) is 14.5. The van der Waals surface area contributed by atoms with Crippen LogP contribution in [-0.2, 0) is 28.6 Å². The molecule has 6 heteroatoms. The first kappa shape index (κ1) is 76.1. The Balaban J connectivity index is 4.41. The van der Waals surface area contributed by atoms with E-state index in [-0.39, 0.29) is 31.1 Å². The monoisotopic (exact) mass is 1110 g/mol. The zero-order valence-corrected chi connectivity index (χ0v) is 52.6. The third-order valence-electron chi connectivity index (χ3n) is 14.5. The van der Waals surface area contributed by atoms with Gasteiger partial charge in [0.15, 0.2) is 6.10 Å². The van der Waals surface area contributed by atoms with E-state index in [4.69, 9.17) is 14.2 Å². The van der Waals surface area contributed by atoms with Crippen LogP contribution in [0.2, 0.25) is 0 Å². The fourth-order valence-corrected chi connectivity index (χ4v) is 9.41. The Labute approximate surface area is 495 Å². The number of rotatable bonds is 61. The van der Waals surface area contributed by atoms with Gasteiger partial charge in [-0.3, -0.25) is 14.4 Å². The predicted octanol–water partition coefficient (Wildman–Crippen LogP) is 23.4. The van der Waals surface area contributed by atoms with Gasteiger partial charge >= 0.3 is 17.9 Å². The van der Waals surface area contributed by atoms with Gasteiger partial charge in [-0.2, -0.15) is 0 Å². The van der Waals surface area contributed by atoms with Crippen LogP contribution in [-0.4, -0.2) is 37.2 Å². The lowest BCUT2D eigenvalue weighted by Crippen LogP contribution is -2.30. The summed E-state index contributed by atoms with van der Waals surface area (Å²) in [5, 5.41) is 0. The van der Waals surface area contributed by atoms with Crippen molar-refractivity contribution in [3.63, 3.8) is 0 Å².